The molecule has 6 aliphatic rings. The second-order valence-electron chi connectivity index (χ2n) is 18.3. The van der Waals surface area contributed by atoms with Gasteiger partial charge in [-0.15, -0.1) is 0 Å². The average molecular weight is 854 g/mol. The molecule has 16 nitrogen and oxygen atoms in total. The van der Waals surface area contributed by atoms with E-state index in [1.165, 1.54) is 21.2 Å². The third-order valence-corrected chi connectivity index (χ3v) is 14.2. The molecule has 1 aliphatic carbocycles. The van der Waals surface area contributed by atoms with Crippen LogP contribution in [0.5, 0.6) is 0 Å². The second kappa shape index (κ2) is 18.4. The summed E-state index contributed by atoms with van der Waals surface area (Å²) in [6.07, 6.45) is 10.2. The molecule has 17 heteroatoms. The molecule has 60 heavy (non-hydrogen) atoms. The van der Waals surface area contributed by atoms with Gasteiger partial charge in [-0.25, -0.2) is 14.3 Å². The summed E-state index contributed by atoms with van der Waals surface area (Å²) in [5.74, 6) is -2.52. The van der Waals surface area contributed by atoms with Crippen molar-refractivity contribution < 1.29 is 41.9 Å². The Morgan fingerprint density at radius 1 is 0.933 bits per heavy atom. The van der Waals surface area contributed by atoms with Crippen LogP contribution in [0.25, 0.3) is 0 Å². The van der Waals surface area contributed by atoms with E-state index in [4.69, 9.17) is 9.47 Å². The molecule has 0 spiro atoms. The van der Waals surface area contributed by atoms with E-state index < -0.39 is 75.4 Å². The number of amides is 5. The van der Waals surface area contributed by atoms with Crippen molar-refractivity contribution in [2.24, 2.45) is 5.92 Å². The van der Waals surface area contributed by atoms with Gasteiger partial charge in [0.1, 0.15) is 29.3 Å². The number of likely N-dealkylation sites (tertiary alicyclic amines) is 1. The quantitative estimate of drug-likeness (QED) is 0.340. The number of fused-ring (bicyclic) bond motifs is 3. The van der Waals surface area contributed by atoms with Gasteiger partial charge in [0.25, 0.3) is 5.91 Å². The van der Waals surface area contributed by atoms with Crippen LogP contribution in [0.4, 0.5) is 9.59 Å². The van der Waals surface area contributed by atoms with Crippen molar-refractivity contribution in [2.75, 3.05) is 45.8 Å². The van der Waals surface area contributed by atoms with Gasteiger partial charge >= 0.3 is 22.4 Å². The molecular weight excluding hydrogens is 791 g/mol. The summed E-state index contributed by atoms with van der Waals surface area (Å²) in [5, 5.41) is 5.63. The number of piperidine rings is 1. The number of nitrogens with zero attached hydrogens (tertiary/aromatic N) is 4. The molecule has 330 valence electrons. The Balaban J connectivity index is 1.15. The molecule has 7 rings (SSSR count). The maximum Gasteiger partial charge on any atom is 0.410 e. The highest BCUT2D eigenvalue weighted by Gasteiger charge is 2.62. The van der Waals surface area contributed by atoms with E-state index in [0.29, 0.717) is 58.3 Å². The van der Waals surface area contributed by atoms with Crippen molar-refractivity contribution in [3.05, 3.63) is 47.5 Å². The van der Waals surface area contributed by atoms with Crippen LogP contribution in [0, 0.1) is 5.92 Å². The molecule has 0 aromatic heterocycles. The molecule has 6 atom stereocenters. The summed E-state index contributed by atoms with van der Waals surface area (Å²) in [6, 6.07) is 5.69. The van der Waals surface area contributed by atoms with E-state index in [1.807, 2.05) is 24.3 Å². The number of carbonyl (C=O) groups excluding carboxylic acids is 5. The topological polar surface area (TPSA) is 187 Å². The number of hydrogen-bond donors (Lipinski definition) is 3. The molecular formula is C43H63N7O9S. The van der Waals surface area contributed by atoms with Crippen LogP contribution in [-0.4, -0.2) is 132 Å². The fraction of sp³-hybridized carbons (Fsp3) is 0.698. The van der Waals surface area contributed by atoms with Crippen LogP contribution >= 0.6 is 0 Å². The predicted molar refractivity (Wildman–Crippen MR) is 223 cm³/mol. The van der Waals surface area contributed by atoms with Crippen LogP contribution in [0.3, 0.4) is 0 Å². The molecule has 3 saturated heterocycles. The first kappa shape index (κ1) is 43.9. The molecule has 1 aromatic carbocycles. The van der Waals surface area contributed by atoms with Crippen molar-refractivity contribution in [3.63, 3.8) is 0 Å². The first-order valence-electron chi connectivity index (χ1n) is 22.0. The molecule has 5 heterocycles. The number of alkyl carbamates (subject to hydrolysis) is 1. The summed E-state index contributed by atoms with van der Waals surface area (Å²) in [7, 11) is -4.15. The Labute approximate surface area is 354 Å². The molecule has 0 radical (unpaired) electrons. The van der Waals surface area contributed by atoms with E-state index in [9.17, 15) is 32.4 Å². The first-order chi connectivity index (χ1) is 28.6. The molecule has 5 amide bonds. The minimum Gasteiger partial charge on any atom is -0.444 e. The minimum absolute atomic E-state index is 0.0615. The van der Waals surface area contributed by atoms with Gasteiger partial charge in [0, 0.05) is 38.5 Å². The van der Waals surface area contributed by atoms with Crippen LogP contribution in [0.1, 0.15) is 115 Å². The molecule has 0 bridgehead atoms. The summed E-state index contributed by atoms with van der Waals surface area (Å²) in [6.45, 7) is 8.67. The van der Waals surface area contributed by atoms with E-state index in [-0.39, 0.29) is 31.8 Å². The molecule has 4 fully saturated rings. The lowest BCUT2D eigenvalue weighted by Crippen LogP contribution is -2.59. The Kier molecular flexibility index (Phi) is 13.5. The Bertz CT molecular complexity index is 1910. The van der Waals surface area contributed by atoms with E-state index >= 15 is 0 Å². The second-order valence-corrected chi connectivity index (χ2v) is 20.0. The largest absolute Gasteiger partial charge is 0.444 e. The number of allylic oxidation sites excluding steroid dienone is 1. The Hall–Kier alpha value is -4.22. The highest BCUT2D eigenvalue weighted by Crippen LogP contribution is 2.46. The van der Waals surface area contributed by atoms with Gasteiger partial charge in [0.2, 0.25) is 11.8 Å². The molecule has 1 aromatic rings. The summed E-state index contributed by atoms with van der Waals surface area (Å²) in [5.41, 5.74) is -0.117. The number of hydrogen-bond acceptors (Lipinski definition) is 10. The highest BCUT2D eigenvalue weighted by molar-refractivity contribution is 7.87. The average Bonchev–Trinajstić information content (AvgIpc) is 3.50. The van der Waals surface area contributed by atoms with Crippen molar-refractivity contribution >= 4 is 40.1 Å². The lowest BCUT2D eigenvalue weighted by atomic mass is 9.92. The first-order valence-corrected chi connectivity index (χ1v) is 23.5. The molecule has 1 unspecified atom stereocenters. The van der Waals surface area contributed by atoms with Crippen LogP contribution in [0.15, 0.2) is 36.4 Å². The summed E-state index contributed by atoms with van der Waals surface area (Å²) < 4.78 is 41.7. The zero-order valence-electron chi connectivity index (χ0n) is 35.4. The summed E-state index contributed by atoms with van der Waals surface area (Å²) in [4.78, 5) is 76.1. The van der Waals surface area contributed by atoms with Gasteiger partial charge in [-0.1, -0.05) is 55.7 Å². The van der Waals surface area contributed by atoms with Crippen LogP contribution in [-0.2, 0) is 40.5 Å². The standard InChI is InChI=1S/C43H63N7O9S/c1-42(2,3)59-40(54)44-34-19-9-6-4-5-8-17-31-27-43(31,39(53)46-60(56,57)48-23-14-15-24-48)45-37(51)35-26-32(28-50(35)38(34)52)58-41(55)49-25-20-30-16-10-11-18-33(30)36(49)29-47-21-12-7-13-22-47/h8,10-11,16-18,31-32,34-36H,4-7,9,12-15,19-29H2,1-3H3,(H,44,54)(H,45,51)(H,46,53)/t31-,32-,34+,35+,36?,43-/m1/s1. The number of ether oxygens (including phenoxy) is 2. The van der Waals surface area contributed by atoms with Crippen molar-refractivity contribution in [1.29, 1.82) is 0 Å². The maximum absolute atomic E-state index is 14.6. The smallest absolute Gasteiger partial charge is 0.410 e. The lowest BCUT2D eigenvalue weighted by molar-refractivity contribution is -0.141. The van der Waals surface area contributed by atoms with Gasteiger partial charge in [-0.05, 0) is 103 Å². The zero-order chi connectivity index (χ0) is 42.7. The van der Waals surface area contributed by atoms with Crippen LogP contribution < -0.4 is 15.4 Å². The predicted octanol–water partition coefficient (Wildman–Crippen LogP) is 3.92. The van der Waals surface area contributed by atoms with Crippen molar-refractivity contribution in [3.8, 4) is 0 Å². The molecule has 5 aliphatic heterocycles. The number of carbonyl (C=O) groups is 5. The van der Waals surface area contributed by atoms with Crippen molar-refractivity contribution in [1.82, 2.24) is 34.4 Å². The van der Waals surface area contributed by atoms with Gasteiger partial charge in [0.15, 0.2) is 0 Å². The third-order valence-electron chi connectivity index (χ3n) is 12.8. The Morgan fingerprint density at radius 3 is 2.40 bits per heavy atom. The Morgan fingerprint density at radius 2 is 1.65 bits per heavy atom. The third kappa shape index (κ3) is 10.3. The number of nitrogens with one attached hydrogen (secondary N) is 3. The summed E-state index contributed by atoms with van der Waals surface area (Å²) >= 11 is 0. The van der Waals surface area contributed by atoms with E-state index in [0.717, 1.165) is 44.3 Å². The normalized spacial score (nSPS) is 29.6. The fourth-order valence-electron chi connectivity index (χ4n) is 9.48. The maximum atomic E-state index is 14.6. The zero-order valence-corrected chi connectivity index (χ0v) is 36.2. The van der Waals surface area contributed by atoms with Crippen LogP contribution in [0.2, 0.25) is 0 Å². The van der Waals surface area contributed by atoms with Gasteiger partial charge in [0.05, 0.1) is 12.6 Å². The molecule has 3 N–H and O–H groups in total. The highest BCUT2D eigenvalue weighted by atomic mass is 32.2. The van der Waals surface area contributed by atoms with E-state index in [1.54, 1.807) is 25.7 Å². The van der Waals surface area contributed by atoms with Gasteiger partial charge in [-0.3, -0.25) is 19.3 Å². The number of rotatable bonds is 7. The van der Waals surface area contributed by atoms with E-state index in [2.05, 4.69) is 32.4 Å². The minimum atomic E-state index is -4.15. The monoisotopic (exact) mass is 853 g/mol. The number of benzene rings is 1. The SMILES string of the molecule is CC(C)(C)OC(=O)N[C@H]1CCCCCC=C[C@@H]2C[C@@]2(C(=O)NS(=O)(=O)N2CCCC2)NC(=O)[C@@H]2C[C@@H](OC(=O)N3CCc4ccccc4C3CN3CCCCC3)CN2C1=O. The molecule has 1 saturated carbocycles. The van der Waals surface area contributed by atoms with Gasteiger partial charge < -0.3 is 29.9 Å². The van der Waals surface area contributed by atoms with Gasteiger partial charge in [-0.2, -0.15) is 12.7 Å². The lowest BCUT2D eigenvalue weighted by Gasteiger charge is -2.40. The van der Waals surface area contributed by atoms with Crippen molar-refractivity contribution in [2.45, 2.75) is 140 Å². The fourth-order valence-corrected chi connectivity index (χ4v) is 10.8.